The zero-order valence-electron chi connectivity index (χ0n) is 25.1. The molecule has 1 amide bonds. The summed E-state index contributed by atoms with van der Waals surface area (Å²) in [6.07, 6.45) is 4.36. The molecule has 0 saturated carbocycles. The quantitative estimate of drug-likeness (QED) is 0.212. The molecule has 0 fully saturated rings. The third-order valence-corrected chi connectivity index (χ3v) is 9.67. The number of carbonyl (C=O) groups excluding carboxylic acids is 1. The Kier molecular flexibility index (Phi) is 9.13. The van der Waals surface area contributed by atoms with E-state index >= 15 is 0 Å². The van der Waals surface area contributed by atoms with Gasteiger partial charge in [0.1, 0.15) is 11.6 Å². The van der Waals surface area contributed by atoms with E-state index in [9.17, 15) is 17.6 Å². The van der Waals surface area contributed by atoms with Crippen LogP contribution < -0.4 is 9.62 Å². The topological polar surface area (TPSA) is 84.3 Å². The van der Waals surface area contributed by atoms with Crippen molar-refractivity contribution in [3.8, 4) is 0 Å². The second-order valence-electron chi connectivity index (χ2n) is 11.7. The lowest BCUT2D eigenvalue weighted by Crippen LogP contribution is -2.34. The highest BCUT2D eigenvalue weighted by atomic mass is 32.2. The maximum Gasteiger partial charge on any atom is 0.241 e. The summed E-state index contributed by atoms with van der Waals surface area (Å²) in [6, 6.07) is 20.6. The summed E-state index contributed by atoms with van der Waals surface area (Å²) < 4.78 is 45.3. The average molecular weight is 603 g/mol. The largest absolute Gasteiger partial charge is 0.328 e. The second-order valence-corrected chi connectivity index (χ2v) is 13.4. The molecule has 0 saturated heterocycles. The molecule has 9 heteroatoms. The number of carbonyl (C=O) groups is 1. The van der Waals surface area contributed by atoms with Gasteiger partial charge in [-0.1, -0.05) is 49.4 Å². The standard InChI is InChI=1S/C34H39FN4O3S/c1-23(2)39-25(4)36-21-30(39)22-38(34(40)18-24(3)26-10-6-5-7-11-26)29-17-16-27-12-8-15-33(32(27)20-29)37-43(41,42)31-14-9-13-28(35)19-31/h5-7,9-11,13-14,16-17,19-21,23-24,33,37H,8,12,15,18,22H2,1-4H3. The predicted octanol–water partition coefficient (Wildman–Crippen LogP) is 6.99. The van der Waals surface area contributed by atoms with Crippen LogP contribution in [0.2, 0.25) is 0 Å². The number of anilines is 1. The van der Waals surface area contributed by atoms with E-state index in [0.717, 1.165) is 47.1 Å². The number of rotatable bonds is 10. The Hall–Kier alpha value is -3.82. The molecule has 1 aliphatic carbocycles. The van der Waals surface area contributed by atoms with Crippen LogP contribution in [0.3, 0.4) is 0 Å². The van der Waals surface area contributed by atoms with E-state index < -0.39 is 21.9 Å². The molecule has 7 nitrogen and oxygen atoms in total. The van der Waals surface area contributed by atoms with Crippen LogP contribution >= 0.6 is 0 Å². The average Bonchev–Trinajstić information content (AvgIpc) is 3.36. The first kappa shape index (κ1) is 30.6. The summed E-state index contributed by atoms with van der Waals surface area (Å²) in [5.41, 5.74) is 4.60. The zero-order chi connectivity index (χ0) is 30.7. The van der Waals surface area contributed by atoms with Crippen molar-refractivity contribution in [2.75, 3.05) is 4.90 Å². The molecule has 226 valence electrons. The Morgan fingerprint density at radius 3 is 2.56 bits per heavy atom. The van der Waals surface area contributed by atoms with Gasteiger partial charge in [-0.2, -0.15) is 0 Å². The molecule has 0 aliphatic heterocycles. The number of hydrogen-bond donors (Lipinski definition) is 1. The highest BCUT2D eigenvalue weighted by Crippen LogP contribution is 2.35. The van der Waals surface area contributed by atoms with Crippen LogP contribution in [0.5, 0.6) is 0 Å². The van der Waals surface area contributed by atoms with Crippen molar-refractivity contribution >= 4 is 21.6 Å². The van der Waals surface area contributed by atoms with E-state index in [4.69, 9.17) is 0 Å². The molecule has 0 bridgehead atoms. The lowest BCUT2D eigenvalue weighted by molar-refractivity contribution is -0.119. The second kappa shape index (κ2) is 12.8. The van der Waals surface area contributed by atoms with Crippen molar-refractivity contribution in [1.29, 1.82) is 0 Å². The van der Waals surface area contributed by atoms with Gasteiger partial charge in [0, 0.05) is 24.2 Å². The van der Waals surface area contributed by atoms with Gasteiger partial charge in [-0.25, -0.2) is 22.5 Å². The minimum atomic E-state index is -3.96. The van der Waals surface area contributed by atoms with E-state index in [-0.39, 0.29) is 22.8 Å². The summed E-state index contributed by atoms with van der Waals surface area (Å²) in [5, 5.41) is 0. The highest BCUT2D eigenvalue weighted by Gasteiger charge is 2.29. The molecule has 1 heterocycles. The predicted molar refractivity (Wildman–Crippen MR) is 167 cm³/mol. The van der Waals surface area contributed by atoms with Gasteiger partial charge < -0.3 is 9.47 Å². The molecule has 3 aromatic carbocycles. The normalized spacial score (nSPS) is 15.7. The summed E-state index contributed by atoms with van der Waals surface area (Å²) in [4.78, 5) is 20.3. The monoisotopic (exact) mass is 602 g/mol. The van der Waals surface area contributed by atoms with Gasteiger partial charge in [-0.15, -0.1) is 0 Å². The fourth-order valence-corrected chi connectivity index (χ4v) is 7.33. The summed E-state index contributed by atoms with van der Waals surface area (Å²) >= 11 is 0. The molecule has 43 heavy (non-hydrogen) atoms. The van der Waals surface area contributed by atoms with E-state index in [0.29, 0.717) is 25.1 Å². The number of fused-ring (bicyclic) bond motifs is 1. The van der Waals surface area contributed by atoms with Gasteiger partial charge >= 0.3 is 0 Å². The number of aryl methyl sites for hydroxylation is 2. The van der Waals surface area contributed by atoms with Crippen LogP contribution in [0, 0.1) is 12.7 Å². The molecule has 0 radical (unpaired) electrons. The molecule has 2 unspecified atom stereocenters. The van der Waals surface area contributed by atoms with Crippen molar-refractivity contribution in [2.45, 2.75) is 82.8 Å². The van der Waals surface area contributed by atoms with Crippen molar-refractivity contribution in [3.63, 3.8) is 0 Å². The van der Waals surface area contributed by atoms with Crippen LogP contribution in [0.25, 0.3) is 0 Å². The third-order valence-electron chi connectivity index (χ3n) is 8.20. The fourth-order valence-electron chi connectivity index (χ4n) is 6.05. The number of nitrogens with zero attached hydrogens (tertiary/aromatic N) is 3. The molecular formula is C34H39FN4O3S. The first-order valence-corrected chi connectivity index (χ1v) is 16.3. The number of sulfonamides is 1. The molecule has 1 N–H and O–H groups in total. The minimum absolute atomic E-state index is 0.0106. The molecule has 5 rings (SSSR count). The molecule has 1 aliphatic rings. The van der Waals surface area contributed by atoms with Crippen molar-refractivity contribution < 1.29 is 17.6 Å². The fraction of sp³-hybridized carbons (Fsp3) is 0.353. The smallest absolute Gasteiger partial charge is 0.241 e. The van der Waals surface area contributed by atoms with Crippen molar-refractivity contribution in [1.82, 2.24) is 14.3 Å². The van der Waals surface area contributed by atoms with Crippen molar-refractivity contribution in [2.24, 2.45) is 0 Å². The molecule has 1 aromatic heterocycles. The number of aromatic nitrogens is 2. The maximum atomic E-state index is 14.1. The molecular weight excluding hydrogens is 563 g/mol. The Morgan fingerprint density at radius 2 is 1.84 bits per heavy atom. The Morgan fingerprint density at radius 1 is 1.07 bits per heavy atom. The number of halogens is 1. The summed E-state index contributed by atoms with van der Waals surface area (Å²) in [6.45, 7) is 8.53. The van der Waals surface area contributed by atoms with E-state index in [2.05, 4.69) is 35.0 Å². The highest BCUT2D eigenvalue weighted by molar-refractivity contribution is 7.89. The number of nitrogens with one attached hydrogen (secondary N) is 1. The maximum absolute atomic E-state index is 14.1. The number of imidazole rings is 1. The van der Waals surface area contributed by atoms with Crippen LogP contribution in [0.1, 0.15) is 86.2 Å². The van der Waals surface area contributed by atoms with Gasteiger partial charge in [-0.05, 0) is 93.0 Å². The lowest BCUT2D eigenvalue weighted by atomic mass is 9.87. The van der Waals surface area contributed by atoms with Gasteiger partial charge in [0.05, 0.1) is 23.3 Å². The van der Waals surface area contributed by atoms with Gasteiger partial charge in [-0.3, -0.25) is 4.79 Å². The zero-order valence-corrected chi connectivity index (χ0v) is 25.9. The van der Waals surface area contributed by atoms with Crippen LogP contribution in [-0.2, 0) is 27.8 Å². The van der Waals surface area contributed by atoms with Crippen LogP contribution in [-0.4, -0.2) is 23.9 Å². The molecule has 0 spiro atoms. The molecule has 4 aromatic rings. The molecule has 2 atom stereocenters. The minimum Gasteiger partial charge on any atom is -0.328 e. The lowest BCUT2D eigenvalue weighted by Gasteiger charge is -2.30. The van der Waals surface area contributed by atoms with Crippen molar-refractivity contribution in [3.05, 3.63) is 113 Å². The van der Waals surface area contributed by atoms with Gasteiger partial charge in [0.25, 0.3) is 0 Å². The first-order valence-electron chi connectivity index (χ1n) is 14.8. The van der Waals surface area contributed by atoms with Crippen LogP contribution in [0.4, 0.5) is 10.1 Å². The first-order chi connectivity index (χ1) is 20.5. The van der Waals surface area contributed by atoms with E-state index in [1.807, 2.05) is 61.7 Å². The Labute approximate surface area is 253 Å². The number of amides is 1. The SMILES string of the molecule is Cc1ncc(CN(C(=O)CC(C)c2ccccc2)c2ccc3c(c2)C(NS(=O)(=O)c2cccc(F)c2)CCC3)n1C(C)C. The summed E-state index contributed by atoms with van der Waals surface area (Å²) in [5.74, 6) is 0.255. The number of benzene rings is 3. The Bertz CT molecular complexity index is 1700. The van der Waals surface area contributed by atoms with Gasteiger partial charge in [0.15, 0.2) is 0 Å². The summed E-state index contributed by atoms with van der Waals surface area (Å²) in [7, 11) is -3.96. The Balaban J connectivity index is 1.50. The third kappa shape index (κ3) is 6.89. The number of hydrogen-bond acceptors (Lipinski definition) is 4. The van der Waals surface area contributed by atoms with E-state index in [1.165, 1.54) is 18.2 Å². The van der Waals surface area contributed by atoms with Crippen LogP contribution in [0.15, 0.2) is 83.9 Å². The van der Waals surface area contributed by atoms with Gasteiger partial charge in [0.2, 0.25) is 15.9 Å². The van der Waals surface area contributed by atoms with E-state index in [1.54, 1.807) is 4.90 Å².